The van der Waals surface area contributed by atoms with Crippen molar-refractivity contribution >= 4 is 89.3 Å². The van der Waals surface area contributed by atoms with Crippen molar-refractivity contribution in [1.29, 1.82) is 0 Å². The standard InChI is InChI=1S/C20H27BrN4O4.C14H25N3O2.C5H2Br2N2O2.CH2O3.CH4.2K.H/c1-14(26)23-10-12-24(13-11-23)20(27)16-5-2-15(3-6-16)4-7-17-18(25(28)29)8-9-19(21)22-17;1-11(18)16-6-8-17(9-7-16)14(19)13-4-2-12(10-15)3-5-13;6-4-2-1-3(9(10)11)5(7)8-4;2-1-4-3;;;;/h8-9,15-16H,2-7,10-13H2,1H3;12-13H,2-10,15H2,1H3;1-2H;1,3H;1H4;;;/q;;;;;2*+1;-1/p-1. The van der Waals surface area contributed by atoms with Crippen molar-refractivity contribution in [3.05, 3.63) is 64.0 Å². The Labute approximate surface area is 498 Å². The number of hydrogen-bond donors (Lipinski definition) is 1. The Hall–Kier alpha value is -0.917. The van der Waals surface area contributed by atoms with Crippen molar-refractivity contribution in [1.82, 2.24) is 29.6 Å². The normalized spacial score (nSPS) is 19.9. The molecule has 2 saturated carbocycles. The molecule has 0 spiro atoms. The number of carbonyl (C=O) groups excluding carboxylic acids is 5. The molecule has 4 aliphatic rings. The first-order valence-corrected chi connectivity index (χ1v) is 23.1. The molecule has 0 bridgehead atoms. The molecule has 2 saturated heterocycles. The summed E-state index contributed by atoms with van der Waals surface area (Å²) < 4.78 is 1.41. The van der Waals surface area contributed by atoms with Crippen LogP contribution >= 0.6 is 47.8 Å². The maximum Gasteiger partial charge on any atom is 1.00 e. The smallest absolute Gasteiger partial charge is 1.00 e. The summed E-state index contributed by atoms with van der Waals surface area (Å²) in [5, 5.41) is 29.9. The van der Waals surface area contributed by atoms with E-state index in [9.17, 15) is 39.4 Å². The summed E-state index contributed by atoms with van der Waals surface area (Å²) in [7, 11) is 0. The minimum atomic E-state index is -0.497. The predicted molar refractivity (Wildman–Crippen MR) is 246 cm³/mol. The van der Waals surface area contributed by atoms with Gasteiger partial charge >= 0.3 is 108 Å². The number of hydrogen-bond acceptors (Lipinski definition) is 14. The van der Waals surface area contributed by atoms with Gasteiger partial charge in [0.15, 0.2) is 4.60 Å². The molecule has 2 aromatic heterocycles. The second-order valence-corrected chi connectivity index (χ2v) is 18.0. The molecular formula is C41H60Br3K2N9O11. The van der Waals surface area contributed by atoms with Crippen molar-refractivity contribution in [2.24, 2.45) is 29.4 Å². The Kier molecular flexibility index (Phi) is 33.9. The van der Waals surface area contributed by atoms with Gasteiger partial charge in [0, 0.05) is 90.2 Å². The zero-order chi connectivity index (χ0) is 46.6. The minimum absolute atomic E-state index is 0. The fraction of sp³-hybridized carbons (Fsp3) is 0.634. The van der Waals surface area contributed by atoms with Crippen LogP contribution in [0.1, 0.15) is 86.2 Å². The molecule has 6 rings (SSSR count). The third-order valence-electron chi connectivity index (χ3n) is 11.7. The van der Waals surface area contributed by atoms with Crippen LogP contribution in [-0.2, 0) is 35.3 Å². The SMILES string of the molecule is C.CC(=O)N1CCN(C(=O)C2CCC(CCc3nc(Br)ccc3[N+](=O)[O-])CC2)CC1.CC(=O)N1CCN(C(=O)C2CCC(CN)CC2)CC1.O=CO[O-].O=[N+]([O-])c1ccc(Br)nc1Br.[H-].[K+].[K+]. The van der Waals surface area contributed by atoms with Gasteiger partial charge in [0.05, 0.1) is 9.85 Å². The first-order chi connectivity index (χ1) is 30.0. The maximum atomic E-state index is 12.8. The number of nitrogens with zero attached hydrogens (tertiary/aromatic N) is 8. The number of nitrogens with two attached hydrogens (primary N) is 1. The van der Waals surface area contributed by atoms with E-state index in [0.717, 1.165) is 64.3 Å². The van der Waals surface area contributed by atoms with E-state index in [1.807, 2.05) is 14.7 Å². The van der Waals surface area contributed by atoms with Gasteiger partial charge in [-0.15, -0.1) is 0 Å². The van der Waals surface area contributed by atoms with E-state index in [2.05, 4.69) is 62.6 Å². The van der Waals surface area contributed by atoms with Gasteiger partial charge < -0.3 is 36.9 Å². The molecule has 0 aromatic carbocycles. The number of halogens is 3. The van der Waals surface area contributed by atoms with E-state index in [0.29, 0.717) is 91.4 Å². The van der Waals surface area contributed by atoms with Gasteiger partial charge in [-0.1, -0.05) is 7.43 Å². The molecule has 0 atom stereocenters. The summed E-state index contributed by atoms with van der Waals surface area (Å²) in [5.41, 5.74) is 6.23. The van der Waals surface area contributed by atoms with Crippen molar-refractivity contribution in [3.63, 3.8) is 0 Å². The van der Waals surface area contributed by atoms with E-state index < -0.39 is 4.92 Å². The molecule has 2 aliphatic heterocycles. The minimum Gasteiger partial charge on any atom is -1.00 e. The largest absolute Gasteiger partial charge is 1.00 e. The average Bonchev–Trinajstić information content (AvgIpc) is 3.28. The van der Waals surface area contributed by atoms with Crippen molar-refractivity contribution in [2.45, 2.75) is 85.5 Å². The molecular weight excluding hydrogens is 1110 g/mol. The zero-order valence-corrected chi connectivity index (χ0v) is 48.4. The number of rotatable bonds is 9. The van der Waals surface area contributed by atoms with E-state index in [4.69, 9.17) is 15.8 Å². The summed E-state index contributed by atoms with van der Waals surface area (Å²) in [4.78, 5) is 95.3. The average molecular weight is 1170 g/mol. The number of aryl methyl sites for hydroxylation is 1. The number of amides is 4. The summed E-state index contributed by atoms with van der Waals surface area (Å²) >= 11 is 9.33. The van der Waals surface area contributed by atoms with Crippen LogP contribution < -0.4 is 114 Å². The summed E-state index contributed by atoms with van der Waals surface area (Å²) in [6, 6.07) is 5.98. The van der Waals surface area contributed by atoms with Gasteiger partial charge in [0.2, 0.25) is 23.6 Å². The third-order valence-corrected chi connectivity index (χ3v) is 13.2. The molecule has 20 nitrogen and oxygen atoms in total. The Morgan fingerprint density at radius 3 is 1.41 bits per heavy atom. The molecule has 4 heterocycles. The number of pyridine rings is 2. The molecule has 2 aliphatic carbocycles. The monoisotopic (exact) mass is 1170 g/mol. The Morgan fingerprint density at radius 1 is 0.697 bits per heavy atom. The Bertz CT molecular complexity index is 1890. The number of piperazine rings is 2. The maximum absolute atomic E-state index is 12.8. The van der Waals surface area contributed by atoms with Crippen molar-refractivity contribution in [3.8, 4) is 0 Å². The third kappa shape index (κ3) is 22.0. The fourth-order valence-corrected chi connectivity index (χ4v) is 9.40. The zero-order valence-electron chi connectivity index (χ0n) is 38.4. The van der Waals surface area contributed by atoms with Crippen LogP contribution in [0.2, 0.25) is 0 Å². The second kappa shape index (κ2) is 34.4. The molecule has 0 unspecified atom stereocenters. The molecule has 66 heavy (non-hydrogen) atoms. The van der Waals surface area contributed by atoms with Crippen molar-refractivity contribution < 1.29 is 148 Å². The summed E-state index contributed by atoms with van der Waals surface area (Å²) in [5.74, 6) is 2.01. The number of aromatic nitrogens is 2. The summed E-state index contributed by atoms with van der Waals surface area (Å²) in [6.07, 6.45) is 9.21. The van der Waals surface area contributed by atoms with Gasteiger partial charge in [-0.3, -0.25) is 44.2 Å². The topological polar surface area (TPSA) is 269 Å². The molecule has 25 heteroatoms. The van der Waals surface area contributed by atoms with E-state index in [1.54, 1.807) is 24.8 Å². The van der Waals surface area contributed by atoms with Crippen LogP contribution in [0.3, 0.4) is 0 Å². The Morgan fingerprint density at radius 2 is 1.06 bits per heavy atom. The van der Waals surface area contributed by atoms with Crippen LogP contribution in [0.15, 0.2) is 38.1 Å². The predicted octanol–water partition coefficient (Wildman–Crippen LogP) is -0.670. The van der Waals surface area contributed by atoms with Gasteiger partial charge in [0.25, 0.3) is 12.2 Å². The Balaban J connectivity index is 0. The summed E-state index contributed by atoms with van der Waals surface area (Å²) in [6.45, 7) is 8.94. The quantitative estimate of drug-likeness (QED) is 0.0816. The number of carbonyl (C=O) groups is 5. The van der Waals surface area contributed by atoms with Crippen LogP contribution in [0.25, 0.3) is 0 Å². The second-order valence-electron chi connectivity index (χ2n) is 15.6. The van der Waals surface area contributed by atoms with Crippen LogP contribution in [-0.4, -0.2) is 128 Å². The van der Waals surface area contributed by atoms with Crippen LogP contribution in [0.4, 0.5) is 11.4 Å². The molecule has 4 amide bonds. The first kappa shape index (κ1) is 65.1. The van der Waals surface area contributed by atoms with E-state index >= 15 is 0 Å². The van der Waals surface area contributed by atoms with E-state index in [-0.39, 0.29) is 169 Å². The number of nitro groups is 2. The molecule has 2 N–H and O–H groups in total. The fourth-order valence-electron chi connectivity index (χ4n) is 8.04. The van der Waals surface area contributed by atoms with Crippen LogP contribution in [0.5, 0.6) is 0 Å². The van der Waals surface area contributed by atoms with Crippen molar-refractivity contribution in [2.75, 3.05) is 58.9 Å². The van der Waals surface area contributed by atoms with E-state index in [1.165, 1.54) is 18.2 Å². The van der Waals surface area contributed by atoms with Gasteiger partial charge in [0.1, 0.15) is 14.9 Å². The molecule has 4 fully saturated rings. The first-order valence-electron chi connectivity index (χ1n) is 20.8. The molecule has 0 radical (unpaired) electrons. The van der Waals surface area contributed by atoms with Gasteiger partial charge in [-0.25, -0.2) is 9.97 Å². The van der Waals surface area contributed by atoms with Crippen LogP contribution in [0, 0.1) is 43.9 Å². The molecule has 358 valence electrons. The van der Waals surface area contributed by atoms with Gasteiger partial charge in [-0.2, -0.15) is 0 Å². The molecule has 2 aromatic rings. The van der Waals surface area contributed by atoms with Gasteiger partial charge in [-0.05, 0) is 143 Å².